The summed E-state index contributed by atoms with van der Waals surface area (Å²) in [5.74, 6) is 0. The first-order chi connectivity index (χ1) is 7.43. The molecule has 1 saturated heterocycles. The van der Waals surface area contributed by atoms with Crippen LogP contribution in [0.5, 0.6) is 0 Å². The van der Waals surface area contributed by atoms with Crippen LogP contribution < -0.4 is 5.32 Å². The first-order valence-electron chi connectivity index (χ1n) is 5.11. The van der Waals surface area contributed by atoms with E-state index in [0.29, 0.717) is 6.04 Å². The van der Waals surface area contributed by atoms with E-state index in [0.717, 1.165) is 24.3 Å². The van der Waals surface area contributed by atoms with E-state index in [4.69, 9.17) is 0 Å². The molecule has 16 heavy (non-hydrogen) atoms. The van der Waals surface area contributed by atoms with Crippen LogP contribution in [0.25, 0.3) is 11.3 Å². The minimum atomic E-state index is 0. The van der Waals surface area contributed by atoms with Crippen LogP contribution in [0.1, 0.15) is 6.04 Å². The van der Waals surface area contributed by atoms with E-state index in [-0.39, 0.29) is 12.4 Å². The van der Waals surface area contributed by atoms with E-state index in [9.17, 15) is 0 Å². The molecule has 1 aliphatic rings. The molecule has 0 spiro atoms. The molecular formula is C11H13ClN4. The lowest BCUT2D eigenvalue weighted by Gasteiger charge is -2.26. The van der Waals surface area contributed by atoms with Gasteiger partial charge in [-0.25, -0.2) is 4.68 Å². The summed E-state index contributed by atoms with van der Waals surface area (Å²) < 4.78 is 1.94. The van der Waals surface area contributed by atoms with Crippen LogP contribution in [0.3, 0.4) is 0 Å². The molecule has 2 aromatic rings. The molecule has 1 aliphatic heterocycles. The Labute approximate surface area is 100 Å². The van der Waals surface area contributed by atoms with E-state index in [1.54, 1.807) is 0 Å². The van der Waals surface area contributed by atoms with E-state index in [2.05, 4.69) is 15.6 Å². The standard InChI is InChI=1S/C11H12N4.ClH/c1-2-4-9(5-3-1)11-8-15(14-13-11)10-6-12-7-10;/h1-5,8,10,12H,6-7H2;1H. The number of hydrogen-bond donors (Lipinski definition) is 1. The van der Waals surface area contributed by atoms with Crippen molar-refractivity contribution < 1.29 is 0 Å². The van der Waals surface area contributed by atoms with Crippen LogP contribution in [0.2, 0.25) is 0 Å². The second-order valence-corrected chi connectivity index (χ2v) is 3.76. The highest BCUT2D eigenvalue weighted by molar-refractivity contribution is 5.85. The van der Waals surface area contributed by atoms with Crippen molar-refractivity contribution in [2.24, 2.45) is 0 Å². The number of nitrogens with zero attached hydrogens (tertiary/aromatic N) is 3. The highest BCUT2D eigenvalue weighted by Gasteiger charge is 2.20. The maximum atomic E-state index is 4.17. The van der Waals surface area contributed by atoms with Crippen LogP contribution in [0.4, 0.5) is 0 Å². The zero-order valence-electron chi connectivity index (χ0n) is 8.71. The lowest BCUT2D eigenvalue weighted by atomic mass is 10.1. The molecule has 5 heteroatoms. The number of rotatable bonds is 2. The Morgan fingerprint density at radius 2 is 1.94 bits per heavy atom. The van der Waals surface area contributed by atoms with Crippen LogP contribution in [-0.2, 0) is 0 Å². The predicted octanol–water partition coefficient (Wildman–Crippen LogP) is 1.51. The first kappa shape index (κ1) is 11.1. The van der Waals surface area contributed by atoms with Gasteiger partial charge in [0.1, 0.15) is 5.69 Å². The number of aromatic nitrogens is 3. The fraction of sp³-hybridized carbons (Fsp3) is 0.273. The average Bonchev–Trinajstić information content (AvgIpc) is 2.66. The van der Waals surface area contributed by atoms with Gasteiger partial charge in [-0.3, -0.25) is 0 Å². The predicted molar refractivity (Wildman–Crippen MR) is 64.6 cm³/mol. The molecule has 0 amide bonds. The van der Waals surface area contributed by atoms with Crippen LogP contribution in [-0.4, -0.2) is 28.1 Å². The average molecular weight is 237 g/mol. The number of hydrogen-bond acceptors (Lipinski definition) is 3. The van der Waals surface area contributed by atoms with Crippen molar-refractivity contribution in [1.82, 2.24) is 20.3 Å². The lowest BCUT2D eigenvalue weighted by molar-refractivity contribution is 0.313. The smallest absolute Gasteiger partial charge is 0.113 e. The quantitative estimate of drug-likeness (QED) is 0.860. The van der Waals surface area contributed by atoms with E-state index >= 15 is 0 Å². The zero-order chi connectivity index (χ0) is 10.1. The van der Waals surface area contributed by atoms with Gasteiger partial charge in [-0.05, 0) is 0 Å². The highest BCUT2D eigenvalue weighted by Crippen LogP contribution is 2.17. The van der Waals surface area contributed by atoms with Crippen molar-refractivity contribution >= 4 is 12.4 Å². The van der Waals surface area contributed by atoms with E-state index in [1.807, 2.05) is 41.2 Å². The highest BCUT2D eigenvalue weighted by atomic mass is 35.5. The maximum absolute atomic E-state index is 4.17. The topological polar surface area (TPSA) is 42.7 Å². The number of halogens is 1. The van der Waals surface area contributed by atoms with E-state index < -0.39 is 0 Å². The fourth-order valence-electron chi connectivity index (χ4n) is 1.66. The second-order valence-electron chi connectivity index (χ2n) is 3.76. The van der Waals surface area contributed by atoms with Gasteiger partial charge in [-0.15, -0.1) is 17.5 Å². The second kappa shape index (κ2) is 4.63. The monoisotopic (exact) mass is 236 g/mol. The zero-order valence-corrected chi connectivity index (χ0v) is 9.52. The Morgan fingerprint density at radius 3 is 2.56 bits per heavy atom. The molecule has 1 aromatic heterocycles. The summed E-state index contributed by atoms with van der Waals surface area (Å²) >= 11 is 0. The largest absolute Gasteiger partial charge is 0.312 e. The Hall–Kier alpha value is -1.39. The van der Waals surface area contributed by atoms with E-state index in [1.165, 1.54) is 0 Å². The molecule has 0 saturated carbocycles. The Kier molecular flexibility index (Phi) is 3.22. The van der Waals surface area contributed by atoms with Gasteiger partial charge in [0.2, 0.25) is 0 Å². The molecule has 0 radical (unpaired) electrons. The van der Waals surface area contributed by atoms with Crippen molar-refractivity contribution in [2.45, 2.75) is 6.04 Å². The minimum absolute atomic E-state index is 0. The van der Waals surface area contributed by atoms with Gasteiger partial charge >= 0.3 is 0 Å². The molecule has 3 rings (SSSR count). The summed E-state index contributed by atoms with van der Waals surface area (Å²) in [6.45, 7) is 2.00. The summed E-state index contributed by atoms with van der Waals surface area (Å²) in [7, 11) is 0. The Bertz CT molecular complexity index is 450. The summed E-state index contributed by atoms with van der Waals surface area (Å²) in [4.78, 5) is 0. The summed E-state index contributed by atoms with van der Waals surface area (Å²) in [5.41, 5.74) is 2.07. The van der Waals surface area contributed by atoms with Gasteiger partial charge in [-0.1, -0.05) is 35.5 Å². The molecule has 1 N–H and O–H groups in total. The van der Waals surface area contributed by atoms with Gasteiger partial charge in [0, 0.05) is 18.7 Å². The van der Waals surface area contributed by atoms with Crippen molar-refractivity contribution in [3.05, 3.63) is 36.5 Å². The van der Waals surface area contributed by atoms with Gasteiger partial charge in [0.15, 0.2) is 0 Å². The van der Waals surface area contributed by atoms with Gasteiger partial charge < -0.3 is 5.32 Å². The molecule has 4 nitrogen and oxygen atoms in total. The van der Waals surface area contributed by atoms with Gasteiger partial charge in [-0.2, -0.15) is 0 Å². The molecular weight excluding hydrogens is 224 g/mol. The third-order valence-electron chi connectivity index (χ3n) is 2.71. The fourth-order valence-corrected chi connectivity index (χ4v) is 1.66. The molecule has 84 valence electrons. The molecule has 2 heterocycles. The van der Waals surface area contributed by atoms with Crippen LogP contribution in [0, 0.1) is 0 Å². The van der Waals surface area contributed by atoms with Crippen molar-refractivity contribution in [2.75, 3.05) is 13.1 Å². The van der Waals surface area contributed by atoms with Crippen molar-refractivity contribution in [3.8, 4) is 11.3 Å². The Balaban J connectivity index is 0.000000963. The molecule has 1 fully saturated rings. The van der Waals surface area contributed by atoms with Crippen molar-refractivity contribution in [3.63, 3.8) is 0 Å². The summed E-state index contributed by atoms with van der Waals surface area (Å²) in [6.07, 6.45) is 2.01. The summed E-state index contributed by atoms with van der Waals surface area (Å²) in [5, 5.41) is 11.5. The SMILES string of the molecule is Cl.c1ccc(-c2cn(C3CNC3)nn2)cc1. The van der Waals surface area contributed by atoms with Crippen LogP contribution in [0.15, 0.2) is 36.5 Å². The lowest BCUT2D eigenvalue weighted by Crippen LogP contribution is -2.43. The molecule has 0 atom stereocenters. The minimum Gasteiger partial charge on any atom is -0.312 e. The number of benzene rings is 1. The third kappa shape index (κ3) is 1.94. The Morgan fingerprint density at radius 1 is 1.19 bits per heavy atom. The maximum Gasteiger partial charge on any atom is 0.113 e. The molecule has 0 bridgehead atoms. The normalized spacial score (nSPS) is 15.2. The number of nitrogens with one attached hydrogen (secondary N) is 1. The molecule has 0 unspecified atom stereocenters. The van der Waals surface area contributed by atoms with Crippen LogP contribution >= 0.6 is 12.4 Å². The van der Waals surface area contributed by atoms with Crippen molar-refractivity contribution in [1.29, 1.82) is 0 Å². The van der Waals surface area contributed by atoms with Gasteiger partial charge in [0.05, 0.1) is 12.2 Å². The molecule has 1 aromatic carbocycles. The molecule has 0 aliphatic carbocycles. The van der Waals surface area contributed by atoms with Gasteiger partial charge in [0.25, 0.3) is 0 Å². The summed E-state index contributed by atoms with van der Waals surface area (Å²) in [6, 6.07) is 10.6. The third-order valence-corrected chi connectivity index (χ3v) is 2.71. The first-order valence-corrected chi connectivity index (χ1v) is 5.11.